The van der Waals surface area contributed by atoms with Gasteiger partial charge in [0.25, 0.3) is 5.91 Å². The highest BCUT2D eigenvalue weighted by Gasteiger charge is 2.29. The number of amides is 1. The summed E-state index contributed by atoms with van der Waals surface area (Å²) in [6.07, 6.45) is 3.60. The van der Waals surface area contributed by atoms with Gasteiger partial charge in [0.1, 0.15) is 5.69 Å². The van der Waals surface area contributed by atoms with Gasteiger partial charge in [0, 0.05) is 20.1 Å². The van der Waals surface area contributed by atoms with E-state index in [1.807, 2.05) is 6.92 Å². The van der Waals surface area contributed by atoms with E-state index < -0.39 is 5.60 Å². The third-order valence-electron chi connectivity index (χ3n) is 3.52. The van der Waals surface area contributed by atoms with Crippen molar-refractivity contribution in [2.45, 2.75) is 31.8 Å². The second-order valence-corrected chi connectivity index (χ2v) is 5.21. The van der Waals surface area contributed by atoms with Gasteiger partial charge in [-0.05, 0) is 26.2 Å². The maximum atomic E-state index is 12.4. The van der Waals surface area contributed by atoms with Gasteiger partial charge in [0.05, 0.1) is 17.5 Å². The Bertz CT molecular complexity index is 433. The van der Waals surface area contributed by atoms with Crippen LogP contribution in [0.1, 0.15) is 36.7 Å². The number of carbonyl (C=O) groups is 1. The molecular formula is C12H20N4O2. The summed E-state index contributed by atoms with van der Waals surface area (Å²) < 4.78 is 1.50. The van der Waals surface area contributed by atoms with E-state index in [1.165, 1.54) is 10.9 Å². The zero-order chi connectivity index (χ0) is 13.3. The number of hydrogen-bond acceptors (Lipinski definition) is 4. The van der Waals surface area contributed by atoms with Gasteiger partial charge in [-0.2, -0.15) is 5.10 Å². The molecule has 6 heteroatoms. The summed E-state index contributed by atoms with van der Waals surface area (Å²) in [5.41, 5.74) is 5.92. The highest BCUT2D eigenvalue weighted by atomic mass is 16.3. The predicted molar refractivity (Wildman–Crippen MR) is 68.0 cm³/mol. The number of aromatic nitrogens is 2. The van der Waals surface area contributed by atoms with Crippen molar-refractivity contribution in [2.75, 3.05) is 18.8 Å². The van der Waals surface area contributed by atoms with Crippen molar-refractivity contribution in [2.24, 2.45) is 7.05 Å². The Morgan fingerprint density at radius 1 is 1.50 bits per heavy atom. The molecule has 1 fully saturated rings. The number of aryl methyl sites for hydroxylation is 1. The predicted octanol–water partition coefficient (Wildman–Crippen LogP) is 0.379. The minimum Gasteiger partial charge on any atom is -0.396 e. The van der Waals surface area contributed by atoms with Crippen LogP contribution in [0.2, 0.25) is 0 Å². The van der Waals surface area contributed by atoms with Crippen LogP contribution < -0.4 is 5.73 Å². The fraction of sp³-hybridized carbons (Fsp3) is 0.667. The maximum absolute atomic E-state index is 12.4. The second kappa shape index (κ2) is 4.61. The van der Waals surface area contributed by atoms with E-state index in [9.17, 15) is 9.90 Å². The normalized spacial score (nSPS) is 24.9. The maximum Gasteiger partial charge on any atom is 0.274 e. The van der Waals surface area contributed by atoms with Gasteiger partial charge in [0.2, 0.25) is 0 Å². The van der Waals surface area contributed by atoms with Gasteiger partial charge in [-0.15, -0.1) is 0 Å². The van der Waals surface area contributed by atoms with Crippen LogP contribution in [-0.4, -0.2) is 44.4 Å². The van der Waals surface area contributed by atoms with E-state index in [-0.39, 0.29) is 5.91 Å². The van der Waals surface area contributed by atoms with Crippen LogP contribution in [0, 0.1) is 0 Å². The molecule has 1 amide bonds. The molecule has 0 aromatic carbocycles. The molecule has 6 nitrogen and oxygen atoms in total. The minimum atomic E-state index is -0.674. The smallest absolute Gasteiger partial charge is 0.274 e. The van der Waals surface area contributed by atoms with Gasteiger partial charge in [-0.3, -0.25) is 9.48 Å². The molecule has 1 aliphatic rings. The molecule has 0 saturated carbocycles. The quantitative estimate of drug-likeness (QED) is 0.756. The number of anilines is 1. The second-order valence-electron chi connectivity index (χ2n) is 5.21. The molecule has 3 N–H and O–H groups in total. The van der Waals surface area contributed by atoms with Crippen LogP contribution in [0.3, 0.4) is 0 Å². The first-order chi connectivity index (χ1) is 8.41. The largest absolute Gasteiger partial charge is 0.396 e. The molecular weight excluding hydrogens is 232 g/mol. The fourth-order valence-corrected chi connectivity index (χ4v) is 2.33. The van der Waals surface area contributed by atoms with Crippen molar-refractivity contribution in [1.82, 2.24) is 14.7 Å². The Morgan fingerprint density at radius 2 is 2.22 bits per heavy atom. The highest BCUT2D eigenvalue weighted by molar-refractivity contribution is 5.97. The van der Waals surface area contributed by atoms with Gasteiger partial charge in [-0.25, -0.2) is 0 Å². The van der Waals surface area contributed by atoms with Crippen molar-refractivity contribution < 1.29 is 9.90 Å². The number of likely N-dealkylation sites (tertiary alicyclic amines) is 1. The average Bonchev–Trinajstić information content (AvgIpc) is 2.51. The molecule has 0 bridgehead atoms. The van der Waals surface area contributed by atoms with Gasteiger partial charge >= 0.3 is 0 Å². The van der Waals surface area contributed by atoms with Gasteiger partial charge < -0.3 is 15.7 Å². The lowest BCUT2D eigenvalue weighted by Crippen LogP contribution is -2.35. The fourth-order valence-electron chi connectivity index (χ4n) is 2.33. The summed E-state index contributed by atoms with van der Waals surface area (Å²) >= 11 is 0. The van der Waals surface area contributed by atoms with Crippen molar-refractivity contribution in [3.05, 3.63) is 11.9 Å². The van der Waals surface area contributed by atoms with E-state index in [0.29, 0.717) is 30.9 Å². The first-order valence-corrected chi connectivity index (χ1v) is 6.20. The van der Waals surface area contributed by atoms with Crippen molar-refractivity contribution in [1.29, 1.82) is 0 Å². The van der Waals surface area contributed by atoms with Crippen molar-refractivity contribution in [3.8, 4) is 0 Å². The van der Waals surface area contributed by atoms with Gasteiger partial charge in [0.15, 0.2) is 0 Å². The van der Waals surface area contributed by atoms with E-state index >= 15 is 0 Å². The topological polar surface area (TPSA) is 84.4 Å². The van der Waals surface area contributed by atoms with Gasteiger partial charge in [-0.1, -0.05) is 0 Å². The molecule has 0 spiro atoms. The standard InChI is InChI=1S/C12H20N4O2/c1-12(18)4-3-6-16(7-5-12)11(17)10-9(13)8-14-15(10)2/h8,18H,3-7,13H2,1-2H3. The lowest BCUT2D eigenvalue weighted by molar-refractivity contribution is 0.0437. The molecule has 18 heavy (non-hydrogen) atoms. The van der Waals surface area contributed by atoms with Crippen LogP contribution in [0.5, 0.6) is 0 Å². The summed E-state index contributed by atoms with van der Waals surface area (Å²) in [6.45, 7) is 3.02. The first-order valence-electron chi connectivity index (χ1n) is 6.20. The summed E-state index contributed by atoms with van der Waals surface area (Å²) in [6, 6.07) is 0. The molecule has 100 valence electrons. The summed E-state index contributed by atoms with van der Waals surface area (Å²) in [7, 11) is 1.71. The van der Waals surface area contributed by atoms with E-state index in [2.05, 4.69) is 5.10 Å². The zero-order valence-corrected chi connectivity index (χ0v) is 10.9. The third-order valence-corrected chi connectivity index (χ3v) is 3.52. The zero-order valence-electron chi connectivity index (χ0n) is 10.9. The van der Waals surface area contributed by atoms with Crippen molar-refractivity contribution in [3.63, 3.8) is 0 Å². The van der Waals surface area contributed by atoms with Crippen LogP contribution in [0.15, 0.2) is 6.20 Å². The monoisotopic (exact) mass is 252 g/mol. The number of nitrogens with two attached hydrogens (primary N) is 1. The number of hydrogen-bond donors (Lipinski definition) is 2. The van der Waals surface area contributed by atoms with E-state index in [1.54, 1.807) is 11.9 Å². The Hall–Kier alpha value is -1.56. The molecule has 2 rings (SSSR count). The highest BCUT2D eigenvalue weighted by Crippen LogP contribution is 2.23. The molecule has 1 atom stereocenters. The molecule has 1 aromatic rings. The average molecular weight is 252 g/mol. The molecule has 1 aromatic heterocycles. The van der Waals surface area contributed by atoms with Crippen LogP contribution in [0.4, 0.5) is 5.69 Å². The minimum absolute atomic E-state index is 0.106. The number of nitrogens with zero attached hydrogens (tertiary/aromatic N) is 3. The Kier molecular flexibility index (Phi) is 3.30. The molecule has 0 aliphatic carbocycles. The SMILES string of the molecule is Cn1ncc(N)c1C(=O)N1CCCC(C)(O)CC1. The van der Waals surface area contributed by atoms with E-state index in [0.717, 1.165) is 12.8 Å². The Morgan fingerprint density at radius 3 is 2.83 bits per heavy atom. The third kappa shape index (κ3) is 2.48. The number of rotatable bonds is 1. The summed E-state index contributed by atoms with van der Waals surface area (Å²) in [5, 5.41) is 14.0. The van der Waals surface area contributed by atoms with Crippen LogP contribution in [-0.2, 0) is 7.05 Å². The first kappa shape index (κ1) is 12.9. The Labute approximate surface area is 106 Å². The van der Waals surface area contributed by atoms with Crippen LogP contribution >= 0.6 is 0 Å². The Balaban J connectivity index is 2.15. The summed E-state index contributed by atoms with van der Waals surface area (Å²) in [5.74, 6) is -0.106. The molecule has 2 heterocycles. The molecule has 1 unspecified atom stereocenters. The number of aliphatic hydroxyl groups is 1. The summed E-state index contributed by atoms with van der Waals surface area (Å²) in [4.78, 5) is 14.1. The molecule has 0 radical (unpaired) electrons. The number of nitrogen functional groups attached to an aromatic ring is 1. The molecule has 1 aliphatic heterocycles. The van der Waals surface area contributed by atoms with Crippen LogP contribution in [0.25, 0.3) is 0 Å². The lowest BCUT2D eigenvalue weighted by Gasteiger charge is -2.22. The van der Waals surface area contributed by atoms with Crippen molar-refractivity contribution >= 4 is 11.6 Å². The molecule has 1 saturated heterocycles. The van der Waals surface area contributed by atoms with E-state index in [4.69, 9.17) is 5.73 Å². The lowest BCUT2D eigenvalue weighted by atomic mass is 9.98. The number of carbonyl (C=O) groups excluding carboxylic acids is 1.